The number of amides is 1. The van der Waals surface area contributed by atoms with Gasteiger partial charge in [-0.3, -0.25) is 14.8 Å². The highest BCUT2D eigenvalue weighted by molar-refractivity contribution is 6.05. The van der Waals surface area contributed by atoms with Crippen molar-refractivity contribution < 1.29 is 4.79 Å². The minimum atomic E-state index is -0.502. The Morgan fingerprint density at radius 1 is 1.42 bits per heavy atom. The van der Waals surface area contributed by atoms with Gasteiger partial charge in [0, 0.05) is 23.3 Å². The van der Waals surface area contributed by atoms with Crippen LogP contribution < -0.4 is 10.6 Å². The molecule has 0 aliphatic carbocycles. The quantitative estimate of drug-likeness (QED) is 0.846. The van der Waals surface area contributed by atoms with Crippen molar-refractivity contribution in [3.05, 3.63) is 18.0 Å². The van der Waals surface area contributed by atoms with Crippen LogP contribution in [-0.2, 0) is 4.79 Å². The van der Waals surface area contributed by atoms with E-state index in [1.165, 1.54) is 0 Å². The largest absolute Gasteiger partial charge is 0.351 e. The summed E-state index contributed by atoms with van der Waals surface area (Å²) in [7, 11) is 0. The predicted octanol–water partition coefficient (Wildman–Crippen LogP) is 1.38. The van der Waals surface area contributed by atoms with Gasteiger partial charge in [0.1, 0.15) is 0 Å². The van der Waals surface area contributed by atoms with Crippen molar-refractivity contribution >= 4 is 11.9 Å². The first-order chi connectivity index (χ1) is 8.76. The van der Waals surface area contributed by atoms with E-state index in [0.29, 0.717) is 5.96 Å². The van der Waals surface area contributed by atoms with E-state index in [4.69, 9.17) is 0 Å². The van der Waals surface area contributed by atoms with Gasteiger partial charge in [0.2, 0.25) is 0 Å². The zero-order valence-corrected chi connectivity index (χ0v) is 12.1. The van der Waals surface area contributed by atoms with Crippen LogP contribution in [0.4, 0.5) is 0 Å². The fourth-order valence-corrected chi connectivity index (χ4v) is 1.83. The van der Waals surface area contributed by atoms with Crippen molar-refractivity contribution in [1.82, 2.24) is 20.4 Å². The third-order valence-corrected chi connectivity index (χ3v) is 2.71. The van der Waals surface area contributed by atoms with E-state index in [1.54, 1.807) is 6.20 Å². The molecule has 1 atom stereocenters. The molecule has 2 heterocycles. The summed E-state index contributed by atoms with van der Waals surface area (Å²) in [4.78, 5) is 16.3. The fraction of sp³-hybridized carbons (Fsp3) is 0.615. The average molecular weight is 263 g/mol. The highest BCUT2D eigenvalue weighted by atomic mass is 16.2. The molecule has 1 aromatic heterocycles. The third kappa shape index (κ3) is 3.13. The Kier molecular flexibility index (Phi) is 3.34. The molecule has 0 bridgehead atoms. The van der Waals surface area contributed by atoms with Gasteiger partial charge in [0.15, 0.2) is 12.0 Å². The normalized spacial score (nSPS) is 19.6. The van der Waals surface area contributed by atoms with Crippen LogP contribution >= 0.6 is 0 Å². The van der Waals surface area contributed by atoms with Crippen molar-refractivity contribution in [3.8, 4) is 0 Å². The van der Waals surface area contributed by atoms with Gasteiger partial charge < -0.3 is 5.32 Å². The lowest BCUT2D eigenvalue weighted by Crippen LogP contribution is -2.46. The lowest BCUT2D eigenvalue weighted by molar-refractivity contribution is -0.120. The molecule has 0 saturated carbocycles. The maximum atomic E-state index is 11.9. The molecular formula is C13H21N5O. The molecule has 2 rings (SSSR count). The molecule has 19 heavy (non-hydrogen) atoms. The van der Waals surface area contributed by atoms with E-state index in [1.807, 2.05) is 45.5 Å². The molecule has 1 aliphatic rings. The number of hydrogen-bond acceptors (Lipinski definition) is 4. The Hall–Kier alpha value is -1.85. The summed E-state index contributed by atoms with van der Waals surface area (Å²) in [5.41, 5.74) is 0.681. The molecule has 0 radical (unpaired) electrons. The number of nitrogens with one attached hydrogen (secondary N) is 2. The van der Waals surface area contributed by atoms with Crippen molar-refractivity contribution in [1.29, 1.82) is 0 Å². The Morgan fingerprint density at radius 2 is 2.11 bits per heavy atom. The van der Waals surface area contributed by atoms with Crippen LogP contribution in [0.3, 0.4) is 0 Å². The van der Waals surface area contributed by atoms with Gasteiger partial charge >= 0.3 is 0 Å². The van der Waals surface area contributed by atoms with Gasteiger partial charge in [-0.15, -0.1) is 0 Å². The second-order valence-electron chi connectivity index (χ2n) is 6.09. The van der Waals surface area contributed by atoms with E-state index in [2.05, 4.69) is 20.7 Å². The van der Waals surface area contributed by atoms with Crippen LogP contribution in [0.5, 0.6) is 0 Å². The van der Waals surface area contributed by atoms with Gasteiger partial charge in [-0.2, -0.15) is 5.10 Å². The summed E-state index contributed by atoms with van der Waals surface area (Å²) < 4.78 is 1.83. The predicted molar refractivity (Wildman–Crippen MR) is 73.8 cm³/mol. The van der Waals surface area contributed by atoms with Crippen LogP contribution in [0.1, 0.15) is 52.3 Å². The number of hydrogen-bond donors (Lipinski definition) is 2. The highest BCUT2D eigenvalue weighted by Gasteiger charge is 2.30. The van der Waals surface area contributed by atoms with Gasteiger partial charge in [0.05, 0.1) is 6.20 Å². The second kappa shape index (κ2) is 4.68. The summed E-state index contributed by atoms with van der Waals surface area (Å²) in [6, 6.07) is -0.230. The molecule has 2 N–H and O–H groups in total. The van der Waals surface area contributed by atoms with E-state index in [9.17, 15) is 4.79 Å². The van der Waals surface area contributed by atoms with Gasteiger partial charge in [-0.1, -0.05) is 0 Å². The number of nitrogens with zero attached hydrogens (tertiary/aromatic N) is 3. The molecule has 0 aromatic carbocycles. The molecule has 0 saturated heterocycles. The molecule has 1 aliphatic heterocycles. The Morgan fingerprint density at radius 3 is 2.63 bits per heavy atom. The van der Waals surface area contributed by atoms with Crippen molar-refractivity contribution in [3.63, 3.8) is 0 Å². The Bertz CT molecular complexity index is 509. The highest BCUT2D eigenvalue weighted by Crippen LogP contribution is 2.21. The van der Waals surface area contributed by atoms with E-state index in [0.717, 1.165) is 5.56 Å². The second-order valence-corrected chi connectivity index (χ2v) is 6.09. The van der Waals surface area contributed by atoms with Crippen LogP contribution in [0.2, 0.25) is 0 Å². The van der Waals surface area contributed by atoms with Gasteiger partial charge in [-0.25, -0.2) is 4.99 Å². The molecular weight excluding hydrogens is 242 g/mol. The standard InChI is InChI=1S/C13H21N5O/c1-8(2)18-7-9(6-14-18)10-11(19)16-12(15-10)17-13(3,4)5/h6-8,10H,1-5H3,(H2,15,16,17,19). The number of guanidine groups is 1. The molecule has 1 amide bonds. The van der Waals surface area contributed by atoms with Crippen LogP contribution in [0, 0.1) is 0 Å². The lowest BCUT2D eigenvalue weighted by Gasteiger charge is -2.21. The number of carbonyl (C=O) groups is 1. The third-order valence-electron chi connectivity index (χ3n) is 2.71. The van der Waals surface area contributed by atoms with Crippen LogP contribution in [0.25, 0.3) is 0 Å². The first-order valence-electron chi connectivity index (χ1n) is 6.47. The molecule has 1 unspecified atom stereocenters. The summed E-state index contributed by atoms with van der Waals surface area (Å²) in [5.74, 6) is 0.412. The molecule has 1 aromatic rings. The van der Waals surface area contributed by atoms with Crippen LogP contribution in [0.15, 0.2) is 17.4 Å². The first kappa shape index (κ1) is 13.6. The molecule has 0 spiro atoms. The topological polar surface area (TPSA) is 71.3 Å². The Labute approximate surface area is 113 Å². The summed E-state index contributed by atoms with van der Waals surface area (Å²) in [6.07, 6.45) is 3.58. The van der Waals surface area contributed by atoms with Crippen molar-refractivity contribution in [2.24, 2.45) is 4.99 Å². The zero-order chi connectivity index (χ0) is 14.2. The molecule has 104 valence electrons. The number of aliphatic imine (C=N–C) groups is 1. The number of carbonyl (C=O) groups excluding carboxylic acids is 1. The van der Waals surface area contributed by atoms with Gasteiger partial charge in [-0.05, 0) is 34.6 Å². The smallest absolute Gasteiger partial charge is 0.256 e. The maximum absolute atomic E-state index is 11.9. The molecule has 6 heteroatoms. The SMILES string of the molecule is CC(C)n1cc(C2N=C(NC(C)(C)C)NC2=O)cn1. The average Bonchev–Trinajstić information content (AvgIpc) is 2.82. The molecule has 0 fully saturated rings. The minimum Gasteiger partial charge on any atom is -0.351 e. The number of rotatable bonds is 2. The van der Waals surface area contributed by atoms with E-state index >= 15 is 0 Å². The monoisotopic (exact) mass is 263 g/mol. The first-order valence-corrected chi connectivity index (χ1v) is 6.47. The maximum Gasteiger partial charge on any atom is 0.256 e. The van der Waals surface area contributed by atoms with Gasteiger partial charge in [0.25, 0.3) is 5.91 Å². The Balaban J connectivity index is 2.17. The summed E-state index contributed by atoms with van der Waals surface area (Å²) >= 11 is 0. The zero-order valence-electron chi connectivity index (χ0n) is 12.1. The van der Waals surface area contributed by atoms with Crippen LogP contribution in [-0.4, -0.2) is 27.2 Å². The van der Waals surface area contributed by atoms with E-state index in [-0.39, 0.29) is 17.5 Å². The van der Waals surface area contributed by atoms with Crippen molar-refractivity contribution in [2.75, 3.05) is 0 Å². The summed E-state index contributed by atoms with van der Waals surface area (Å²) in [5, 5.41) is 10.2. The van der Waals surface area contributed by atoms with E-state index < -0.39 is 6.04 Å². The fourth-order valence-electron chi connectivity index (χ4n) is 1.83. The minimum absolute atomic E-state index is 0.116. The number of aromatic nitrogens is 2. The van der Waals surface area contributed by atoms with Crippen molar-refractivity contribution in [2.45, 2.75) is 52.2 Å². The lowest BCUT2D eigenvalue weighted by atomic mass is 10.1. The summed E-state index contributed by atoms with van der Waals surface area (Å²) in [6.45, 7) is 10.1. The molecule has 6 nitrogen and oxygen atoms in total.